The van der Waals surface area contributed by atoms with Crippen molar-refractivity contribution in [2.45, 2.75) is 30.3 Å². The van der Waals surface area contributed by atoms with Gasteiger partial charge in [0.15, 0.2) is 0 Å². The van der Waals surface area contributed by atoms with Crippen LogP contribution in [0.25, 0.3) is 11.1 Å². The molecule has 0 radical (unpaired) electrons. The maximum Gasteiger partial charge on any atom is 0.490 e. The summed E-state index contributed by atoms with van der Waals surface area (Å²) < 4.78 is 141. The molecule has 1 aliphatic heterocycles. The minimum atomic E-state index is -5.92. The maximum absolute atomic E-state index is 13.0. The first-order valence-corrected chi connectivity index (χ1v) is 11.1. The van der Waals surface area contributed by atoms with Gasteiger partial charge in [-0.1, -0.05) is 24.3 Å². The van der Waals surface area contributed by atoms with Crippen molar-refractivity contribution in [2.75, 3.05) is 38.1 Å². The van der Waals surface area contributed by atoms with Crippen molar-refractivity contribution in [1.29, 1.82) is 0 Å². The Labute approximate surface area is 233 Å². The fraction of sp³-hybridized carbons (Fsp3) is 0.455. The highest BCUT2D eigenvalue weighted by molar-refractivity contribution is 5.73. The number of carboxylic acid groups (broad SMARTS) is 2. The Kier molecular flexibility index (Phi) is 11.8. The number of aromatic nitrogens is 2. The lowest BCUT2D eigenvalue weighted by molar-refractivity contribution is -0.376. The quantitative estimate of drug-likeness (QED) is 0.414. The van der Waals surface area contributed by atoms with Crippen LogP contribution in [-0.2, 0) is 15.2 Å². The summed E-state index contributed by atoms with van der Waals surface area (Å²) in [7, 11) is 2.00. The maximum atomic E-state index is 13.0. The summed E-state index contributed by atoms with van der Waals surface area (Å²) in [5, 5.41) is 23.7. The number of hydrogen-bond acceptors (Lipinski definition) is 7. The van der Waals surface area contributed by atoms with Crippen LogP contribution in [0.1, 0.15) is 5.56 Å². The molecule has 1 fully saturated rings. The van der Waals surface area contributed by atoms with Crippen molar-refractivity contribution in [3.63, 3.8) is 0 Å². The minimum absolute atomic E-state index is 0.324. The number of rotatable bonds is 3. The van der Waals surface area contributed by atoms with Gasteiger partial charge < -0.3 is 25.1 Å². The van der Waals surface area contributed by atoms with Crippen molar-refractivity contribution in [3.8, 4) is 11.1 Å². The molecular formula is C22H20F12N4O5. The second-order valence-electron chi connectivity index (χ2n) is 8.45. The highest BCUT2D eigenvalue weighted by atomic mass is 19.4. The molecule has 1 saturated heterocycles. The van der Waals surface area contributed by atoms with Crippen LogP contribution in [0.15, 0.2) is 36.7 Å². The molecule has 0 spiro atoms. The summed E-state index contributed by atoms with van der Waals surface area (Å²) in [6.07, 6.45) is -19.1. The summed E-state index contributed by atoms with van der Waals surface area (Å²) in [4.78, 5) is 30.4. The Morgan fingerprint density at radius 1 is 0.674 bits per heavy atom. The van der Waals surface area contributed by atoms with E-state index in [9.17, 15) is 57.8 Å². The van der Waals surface area contributed by atoms with Gasteiger partial charge in [0.05, 0.1) is 0 Å². The van der Waals surface area contributed by atoms with Gasteiger partial charge in [-0.2, -0.15) is 52.7 Å². The Bertz CT molecular complexity index is 1170. The van der Waals surface area contributed by atoms with Gasteiger partial charge in [-0.05, 0) is 12.6 Å². The van der Waals surface area contributed by atoms with Crippen LogP contribution >= 0.6 is 0 Å². The zero-order chi connectivity index (χ0) is 33.6. The van der Waals surface area contributed by atoms with E-state index in [-0.39, 0.29) is 0 Å². The average molecular weight is 648 g/mol. The zero-order valence-corrected chi connectivity index (χ0v) is 21.3. The molecule has 2 aromatic rings. The normalized spacial score (nSPS) is 15.1. The van der Waals surface area contributed by atoms with Gasteiger partial charge in [-0.25, -0.2) is 19.6 Å². The first-order valence-electron chi connectivity index (χ1n) is 11.1. The third-order valence-corrected chi connectivity index (χ3v) is 5.37. The number of nitrogens with zero attached hydrogens (tertiary/aromatic N) is 4. The molecule has 1 aromatic heterocycles. The number of benzene rings is 1. The van der Waals surface area contributed by atoms with Gasteiger partial charge in [0.1, 0.15) is 0 Å². The second-order valence-corrected chi connectivity index (χ2v) is 8.45. The summed E-state index contributed by atoms with van der Waals surface area (Å²) in [6.45, 7) is 3.21. The van der Waals surface area contributed by atoms with E-state index in [0.717, 1.165) is 38.3 Å². The van der Waals surface area contributed by atoms with Gasteiger partial charge in [0.25, 0.3) is 5.60 Å². The Morgan fingerprint density at radius 3 is 1.33 bits per heavy atom. The van der Waals surface area contributed by atoms with Gasteiger partial charge >= 0.3 is 36.6 Å². The highest BCUT2D eigenvalue weighted by Crippen LogP contribution is 2.50. The van der Waals surface area contributed by atoms with E-state index in [0.29, 0.717) is 29.2 Å². The first-order chi connectivity index (χ1) is 19.3. The van der Waals surface area contributed by atoms with E-state index >= 15 is 0 Å². The molecule has 0 amide bonds. The van der Waals surface area contributed by atoms with Crippen LogP contribution in [0.3, 0.4) is 0 Å². The molecule has 0 aliphatic carbocycles. The predicted octanol–water partition coefficient (Wildman–Crippen LogP) is 4.47. The summed E-state index contributed by atoms with van der Waals surface area (Å²) in [5.41, 5.74) is -5.50. The molecule has 0 bridgehead atoms. The van der Waals surface area contributed by atoms with Gasteiger partial charge in [-0.3, -0.25) is 0 Å². The fourth-order valence-electron chi connectivity index (χ4n) is 3.03. The third-order valence-electron chi connectivity index (χ3n) is 5.37. The summed E-state index contributed by atoms with van der Waals surface area (Å²) in [6, 6.07) is 3.33. The van der Waals surface area contributed by atoms with Gasteiger partial charge in [0, 0.05) is 49.7 Å². The number of carboxylic acids is 2. The molecule has 1 aliphatic rings. The number of alkyl halides is 12. The SMILES string of the molecule is CN1CCN(c2ncc(-c3ccc(C(O)(C(F)(F)F)C(F)(F)F)cc3)cn2)CC1.O=C(O)C(F)(F)F.O=C(O)C(F)(F)F. The largest absolute Gasteiger partial charge is 0.490 e. The molecule has 43 heavy (non-hydrogen) atoms. The smallest absolute Gasteiger partial charge is 0.475 e. The average Bonchev–Trinajstić information content (AvgIpc) is 2.87. The predicted molar refractivity (Wildman–Crippen MR) is 121 cm³/mol. The molecule has 0 atom stereocenters. The van der Waals surface area contributed by atoms with Crippen LogP contribution in [-0.4, -0.2) is 100 Å². The lowest BCUT2D eigenvalue weighted by Crippen LogP contribution is -2.53. The molecule has 2 heterocycles. The molecule has 21 heteroatoms. The Balaban J connectivity index is 0.000000548. The van der Waals surface area contributed by atoms with Crippen molar-refractivity contribution < 1.29 is 77.6 Å². The van der Waals surface area contributed by atoms with Crippen LogP contribution in [0, 0.1) is 0 Å². The number of likely N-dealkylation sites (N-methyl/N-ethyl adjacent to an activating group) is 1. The first kappa shape index (κ1) is 37.1. The number of carbonyl (C=O) groups is 2. The van der Waals surface area contributed by atoms with Gasteiger partial charge in [0.2, 0.25) is 5.95 Å². The summed E-state index contributed by atoms with van der Waals surface area (Å²) in [5.74, 6) is -5.01. The van der Waals surface area contributed by atoms with E-state index in [2.05, 4.69) is 14.9 Å². The topological polar surface area (TPSA) is 127 Å². The zero-order valence-electron chi connectivity index (χ0n) is 21.3. The number of anilines is 1. The molecule has 242 valence electrons. The number of hydrogen-bond donors (Lipinski definition) is 3. The fourth-order valence-corrected chi connectivity index (χ4v) is 3.03. The second kappa shape index (κ2) is 13.6. The monoisotopic (exact) mass is 648 g/mol. The number of aliphatic carboxylic acids is 2. The van der Waals surface area contributed by atoms with E-state index < -0.39 is 47.8 Å². The molecule has 0 saturated carbocycles. The minimum Gasteiger partial charge on any atom is -0.475 e. The van der Waals surface area contributed by atoms with Crippen molar-refractivity contribution in [2.24, 2.45) is 0 Å². The highest BCUT2D eigenvalue weighted by Gasteiger charge is 2.71. The van der Waals surface area contributed by atoms with Crippen LogP contribution in [0.4, 0.5) is 58.6 Å². The van der Waals surface area contributed by atoms with E-state index in [4.69, 9.17) is 19.8 Å². The Morgan fingerprint density at radius 2 is 1.02 bits per heavy atom. The Hall–Kier alpha value is -3.88. The molecule has 3 N–H and O–H groups in total. The lowest BCUT2D eigenvalue weighted by Gasteiger charge is -2.32. The van der Waals surface area contributed by atoms with E-state index in [1.54, 1.807) is 0 Å². The van der Waals surface area contributed by atoms with Crippen molar-refractivity contribution in [1.82, 2.24) is 14.9 Å². The van der Waals surface area contributed by atoms with Crippen LogP contribution < -0.4 is 4.90 Å². The van der Waals surface area contributed by atoms with Crippen molar-refractivity contribution >= 4 is 17.9 Å². The van der Waals surface area contributed by atoms with Crippen molar-refractivity contribution in [3.05, 3.63) is 42.2 Å². The van der Waals surface area contributed by atoms with Gasteiger partial charge in [-0.15, -0.1) is 0 Å². The lowest BCUT2D eigenvalue weighted by atomic mass is 9.91. The number of halogens is 12. The third kappa shape index (κ3) is 10.1. The molecule has 9 nitrogen and oxygen atoms in total. The number of piperazine rings is 1. The molecule has 1 aromatic carbocycles. The standard InChI is InChI=1S/C18H18F6N4O.2C2HF3O2/c1-27-6-8-28(9-7-27)15-25-10-13(11-26-15)12-2-4-14(5-3-12)16(29,17(19,20)21)18(22,23)24;2*3-2(4,5)1(6)7/h2-5,10-11,29H,6-9H2,1H3;2*(H,6,7). The van der Waals surface area contributed by atoms with Crippen LogP contribution in [0.5, 0.6) is 0 Å². The van der Waals surface area contributed by atoms with E-state index in [1.165, 1.54) is 12.4 Å². The number of aliphatic hydroxyl groups is 1. The summed E-state index contributed by atoms with van der Waals surface area (Å²) >= 11 is 0. The van der Waals surface area contributed by atoms with Crippen LogP contribution in [0.2, 0.25) is 0 Å². The van der Waals surface area contributed by atoms with E-state index in [1.807, 2.05) is 11.9 Å². The molecule has 3 rings (SSSR count). The molecule has 0 unspecified atom stereocenters. The molecular weight excluding hydrogens is 628 g/mol.